The summed E-state index contributed by atoms with van der Waals surface area (Å²) in [5, 5.41) is 0. The van der Waals surface area contributed by atoms with Gasteiger partial charge in [-0.05, 0) is 86.9 Å². The molecule has 1 atom stereocenters. The second-order valence-corrected chi connectivity index (χ2v) is 6.34. The Bertz CT molecular complexity index is 639. The molecule has 2 rings (SSSR count). The van der Waals surface area contributed by atoms with Crippen molar-refractivity contribution in [3.8, 4) is 0 Å². The molecule has 1 nitrogen and oxygen atoms in total. The maximum atomic E-state index is 6.57. The van der Waals surface area contributed by atoms with Gasteiger partial charge in [0.25, 0.3) is 0 Å². The van der Waals surface area contributed by atoms with E-state index < -0.39 is 0 Å². The highest BCUT2D eigenvalue weighted by Gasteiger charge is 2.17. The largest absolute Gasteiger partial charge is 0.324 e. The standard InChI is InChI=1S/C20H27N/c1-12-8-7-9-18(10-12)11-19(21)20-16(5)14(3)13(2)15(4)17(20)6/h7-10,19H,11,21H2,1-6H3. The van der Waals surface area contributed by atoms with E-state index in [0.29, 0.717) is 0 Å². The molecule has 0 saturated carbocycles. The Kier molecular flexibility index (Phi) is 4.53. The van der Waals surface area contributed by atoms with Gasteiger partial charge in [-0.1, -0.05) is 29.8 Å². The fourth-order valence-electron chi connectivity index (χ4n) is 3.28. The van der Waals surface area contributed by atoms with Crippen molar-refractivity contribution in [2.24, 2.45) is 5.73 Å². The summed E-state index contributed by atoms with van der Waals surface area (Å²) < 4.78 is 0. The summed E-state index contributed by atoms with van der Waals surface area (Å²) in [5.74, 6) is 0. The van der Waals surface area contributed by atoms with Crippen LogP contribution < -0.4 is 5.73 Å². The number of hydrogen-bond acceptors (Lipinski definition) is 1. The second kappa shape index (κ2) is 6.03. The van der Waals surface area contributed by atoms with Crippen LogP contribution in [0.5, 0.6) is 0 Å². The first kappa shape index (κ1) is 15.8. The average Bonchev–Trinajstić information content (AvgIpc) is 2.43. The maximum Gasteiger partial charge on any atom is 0.0341 e. The van der Waals surface area contributed by atoms with Crippen molar-refractivity contribution in [3.05, 3.63) is 68.8 Å². The summed E-state index contributed by atoms with van der Waals surface area (Å²) in [7, 11) is 0. The van der Waals surface area contributed by atoms with Crippen LogP contribution in [0.4, 0.5) is 0 Å². The molecule has 0 aliphatic heterocycles. The molecule has 0 saturated heterocycles. The Morgan fingerprint density at radius 3 is 1.86 bits per heavy atom. The fraction of sp³-hybridized carbons (Fsp3) is 0.400. The highest BCUT2D eigenvalue weighted by molar-refractivity contribution is 5.51. The zero-order valence-electron chi connectivity index (χ0n) is 14.2. The van der Waals surface area contributed by atoms with Crippen LogP contribution in [0.3, 0.4) is 0 Å². The highest BCUT2D eigenvalue weighted by Crippen LogP contribution is 2.31. The van der Waals surface area contributed by atoms with Crippen LogP contribution in [-0.2, 0) is 6.42 Å². The third kappa shape index (κ3) is 3.03. The van der Waals surface area contributed by atoms with Gasteiger partial charge in [-0.25, -0.2) is 0 Å². The lowest BCUT2D eigenvalue weighted by molar-refractivity contribution is 0.707. The summed E-state index contributed by atoms with van der Waals surface area (Å²) in [6, 6.07) is 8.71. The van der Waals surface area contributed by atoms with Crippen LogP contribution in [0.1, 0.15) is 50.5 Å². The van der Waals surface area contributed by atoms with E-state index >= 15 is 0 Å². The minimum Gasteiger partial charge on any atom is -0.324 e. The van der Waals surface area contributed by atoms with Crippen molar-refractivity contribution < 1.29 is 0 Å². The normalized spacial score (nSPS) is 12.5. The van der Waals surface area contributed by atoms with Crippen molar-refractivity contribution in [1.29, 1.82) is 0 Å². The van der Waals surface area contributed by atoms with Gasteiger partial charge in [-0.3, -0.25) is 0 Å². The van der Waals surface area contributed by atoms with Crippen LogP contribution in [-0.4, -0.2) is 0 Å². The van der Waals surface area contributed by atoms with Crippen molar-refractivity contribution >= 4 is 0 Å². The quantitative estimate of drug-likeness (QED) is 0.861. The monoisotopic (exact) mass is 281 g/mol. The van der Waals surface area contributed by atoms with E-state index in [1.807, 2.05) is 0 Å². The Labute approximate surface area is 129 Å². The van der Waals surface area contributed by atoms with Crippen LogP contribution in [0.2, 0.25) is 0 Å². The van der Waals surface area contributed by atoms with Crippen molar-refractivity contribution in [2.75, 3.05) is 0 Å². The Morgan fingerprint density at radius 1 is 0.810 bits per heavy atom. The molecular weight excluding hydrogens is 254 g/mol. The number of benzene rings is 2. The van der Waals surface area contributed by atoms with Gasteiger partial charge >= 0.3 is 0 Å². The van der Waals surface area contributed by atoms with Gasteiger partial charge in [0.1, 0.15) is 0 Å². The van der Waals surface area contributed by atoms with E-state index in [-0.39, 0.29) is 6.04 Å². The number of nitrogens with two attached hydrogens (primary N) is 1. The maximum absolute atomic E-state index is 6.57. The Balaban J connectivity index is 2.42. The molecule has 0 fully saturated rings. The molecule has 0 spiro atoms. The number of rotatable bonds is 3. The smallest absolute Gasteiger partial charge is 0.0341 e. The molecule has 2 aromatic rings. The minimum absolute atomic E-state index is 0.0600. The third-order valence-corrected chi connectivity index (χ3v) is 4.97. The van der Waals surface area contributed by atoms with E-state index in [9.17, 15) is 0 Å². The summed E-state index contributed by atoms with van der Waals surface area (Å²) in [5.41, 5.74) is 17.4. The molecule has 1 unspecified atom stereocenters. The predicted octanol–water partition coefficient (Wildman–Crippen LogP) is 4.78. The second-order valence-electron chi connectivity index (χ2n) is 6.34. The van der Waals surface area contributed by atoms with E-state index in [0.717, 1.165) is 6.42 Å². The third-order valence-electron chi connectivity index (χ3n) is 4.97. The van der Waals surface area contributed by atoms with Crippen molar-refractivity contribution in [2.45, 2.75) is 54.0 Å². The Hall–Kier alpha value is -1.60. The summed E-state index contributed by atoms with van der Waals surface area (Å²) in [6.07, 6.45) is 0.894. The predicted molar refractivity (Wildman–Crippen MR) is 91.9 cm³/mol. The van der Waals surface area contributed by atoms with Gasteiger partial charge in [0, 0.05) is 6.04 Å². The van der Waals surface area contributed by atoms with E-state index in [1.165, 1.54) is 44.5 Å². The molecule has 0 amide bonds. The molecule has 21 heavy (non-hydrogen) atoms. The SMILES string of the molecule is Cc1cccc(CC(N)c2c(C)c(C)c(C)c(C)c2C)c1. The molecule has 0 aliphatic carbocycles. The van der Waals surface area contributed by atoms with E-state index in [2.05, 4.69) is 65.8 Å². The van der Waals surface area contributed by atoms with Crippen molar-refractivity contribution in [3.63, 3.8) is 0 Å². The number of hydrogen-bond donors (Lipinski definition) is 1. The molecular formula is C20H27N. The molecule has 0 bridgehead atoms. The summed E-state index contributed by atoms with van der Waals surface area (Å²) >= 11 is 0. The fourth-order valence-corrected chi connectivity index (χ4v) is 3.28. The van der Waals surface area contributed by atoms with Crippen LogP contribution in [0, 0.1) is 41.5 Å². The van der Waals surface area contributed by atoms with Gasteiger partial charge < -0.3 is 5.73 Å². The first-order valence-electron chi connectivity index (χ1n) is 7.71. The van der Waals surface area contributed by atoms with E-state index in [4.69, 9.17) is 5.73 Å². The topological polar surface area (TPSA) is 26.0 Å². The van der Waals surface area contributed by atoms with Gasteiger partial charge in [0.15, 0.2) is 0 Å². The highest BCUT2D eigenvalue weighted by atomic mass is 14.6. The Morgan fingerprint density at radius 2 is 1.33 bits per heavy atom. The lowest BCUT2D eigenvalue weighted by Gasteiger charge is -2.23. The molecule has 2 aromatic carbocycles. The van der Waals surface area contributed by atoms with Gasteiger partial charge in [-0.15, -0.1) is 0 Å². The molecule has 1 heteroatoms. The van der Waals surface area contributed by atoms with Gasteiger partial charge in [0.05, 0.1) is 0 Å². The van der Waals surface area contributed by atoms with Crippen LogP contribution in [0.15, 0.2) is 24.3 Å². The average molecular weight is 281 g/mol. The molecule has 2 N–H and O–H groups in total. The zero-order chi connectivity index (χ0) is 15.7. The molecule has 112 valence electrons. The van der Waals surface area contributed by atoms with Crippen LogP contribution in [0.25, 0.3) is 0 Å². The van der Waals surface area contributed by atoms with Gasteiger partial charge in [0.2, 0.25) is 0 Å². The molecule has 0 heterocycles. The number of aryl methyl sites for hydroxylation is 1. The van der Waals surface area contributed by atoms with Crippen LogP contribution >= 0.6 is 0 Å². The van der Waals surface area contributed by atoms with Gasteiger partial charge in [-0.2, -0.15) is 0 Å². The lowest BCUT2D eigenvalue weighted by Crippen LogP contribution is -2.18. The summed E-state index contributed by atoms with van der Waals surface area (Å²) in [6.45, 7) is 13.2. The minimum atomic E-state index is 0.0600. The summed E-state index contributed by atoms with van der Waals surface area (Å²) in [4.78, 5) is 0. The molecule has 0 aromatic heterocycles. The first-order valence-corrected chi connectivity index (χ1v) is 7.71. The molecule has 0 radical (unpaired) electrons. The molecule has 0 aliphatic rings. The lowest BCUT2D eigenvalue weighted by atomic mass is 9.85. The van der Waals surface area contributed by atoms with E-state index in [1.54, 1.807) is 0 Å². The van der Waals surface area contributed by atoms with Crippen molar-refractivity contribution in [1.82, 2.24) is 0 Å². The first-order chi connectivity index (χ1) is 9.82. The zero-order valence-corrected chi connectivity index (χ0v) is 14.2.